The molecule has 188 valence electrons. The number of carbonyl (C=O) groups is 1. The lowest BCUT2D eigenvalue weighted by atomic mass is 10.0. The van der Waals surface area contributed by atoms with E-state index in [0.717, 1.165) is 34.9 Å². The van der Waals surface area contributed by atoms with Crippen molar-refractivity contribution >= 4 is 40.5 Å². The van der Waals surface area contributed by atoms with Gasteiger partial charge in [0.05, 0.1) is 22.8 Å². The molecule has 1 fully saturated rings. The van der Waals surface area contributed by atoms with Gasteiger partial charge in [-0.1, -0.05) is 42.8 Å². The molecule has 0 radical (unpaired) electrons. The minimum Gasteiger partial charge on any atom is -0.352 e. The third-order valence-electron chi connectivity index (χ3n) is 6.49. The summed E-state index contributed by atoms with van der Waals surface area (Å²) in [6, 6.07) is 21.0. The van der Waals surface area contributed by atoms with Crippen LogP contribution in [-0.4, -0.2) is 37.0 Å². The fraction of sp³-hybridized carbons (Fsp3) is 0.214. The molecule has 0 aliphatic carbocycles. The Morgan fingerprint density at radius 3 is 2.68 bits per heavy atom. The van der Waals surface area contributed by atoms with E-state index in [2.05, 4.69) is 38.5 Å². The second-order valence-electron chi connectivity index (χ2n) is 8.77. The second kappa shape index (κ2) is 11.1. The average Bonchev–Trinajstić information content (AvgIpc) is 3.53. The Morgan fingerprint density at radius 2 is 1.92 bits per heavy atom. The number of amides is 1. The summed E-state index contributed by atoms with van der Waals surface area (Å²) < 4.78 is 2.02. The molecule has 9 heteroatoms. The molecule has 7 nitrogen and oxygen atoms in total. The van der Waals surface area contributed by atoms with E-state index in [1.807, 2.05) is 71.4 Å². The van der Waals surface area contributed by atoms with Gasteiger partial charge in [0, 0.05) is 42.9 Å². The first-order valence-electron chi connectivity index (χ1n) is 12.2. The lowest BCUT2D eigenvalue weighted by Crippen LogP contribution is -2.33. The molecule has 1 aliphatic heterocycles. The molecule has 3 aromatic heterocycles. The highest BCUT2D eigenvalue weighted by atomic mass is 35.5. The number of halogens is 1. The minimum atomic E-state index is -0.203. The Bertz CT molecular complexity index is 1390. The van der Waals surface area contributed by atoms with Crippen LogP contribution >= 0.6 is 23.8 Å². The summed E-state index contributed by atoms with van der Waals surface area (Å²) in [5.74, 6) is 0.689. The quantitative estimate of drug-likeness (QED) is 0.294. The first-order chi connectivity index (χ1) is 18.0. The maximum atomic E-state index is 13.0. The highest BCUT2D eigenvalue weighted by Gasteiger charge is 2.41. The number of rotatable bonds is 8. The van der Waals surface area contributed by atoms with E-state index in [0.29, 0.717) is 16.7 Å². The lowest BCUT2D eigenvalue weighted by Gasteiger charge is -2.28. The van der Waals surface area contributed by atoms with Crippen molar-refractivity contribution in [1.82, 2.24) is 24.8 Å². The van der Waals surface area contributed by atoms with Gasteiger partial charge in [0.15, 0.2) is 5.11 Å². The highest BCUT2D eigenvalue weighted by Crippen LogP contribution is 2.39. The molecular weight excluding hydrogens is 504 g/mol. The van der Waals surface area contributed by atoms with Crippen LogP contribution in [0.25, 0.3) is 5.82 Å². The Hall–Kier alpha value is -3.75. The van der Waals surface area contributed by atoms with Crippen LogP contribution in [0.3, 0.4) is 0 Å². The lowest BCUT2D eigenvalue weighted by molar-refractivity contribution is -0.116. The number of para-hydroxylation sites is 1. The summed E-state index contributed by atoms with van der Waals surface area (Å²) in [5.41, 5.74) is 3.81. The number of nitrogens with one attached hydrogen (secondary N) is 2. The molecule has 2 N–H and O–H groups in total. The smallest absolute Gasteiger partial charge is 0.226 e. The SMILES string of the molecule is CCc1ccccc1NC(=O)CCN1C(=S)N[C@@H](c2ccccn2)[C@H]1c1cccn1-c1ccc(Cl)cn1. The summed E-state index contributed by atoms with van der Waals surface area (Å²) in [4.78, 5) is 24.2. The number of hydrogen-bond acceptors (Lipinski definition) is 4. The van der Waals surface area contributed by atoms with Crippen molar-refractivity contribution in [2.45, 2.75) is 31.8 Å². The number of nitrogens with zero attached hydrogens (tertiary/aromatic N) is 4. The molecule has 0 saturated carbocycles. The number of hydrogen-bond donors (Lipinski definition) is 2. The maximum absolute atomic E-state index is 13.0. The van der Waals surface area contributed by atoms with E-state index in [-0.39, 0.29) is 24.4 Å². The van der Waals surface area contributed by atoms with Crippen molar-refractivity contribution in [3.05, 3.63) is 107 Å². The number of thiocarbonyl (C=S) groups is 1. The molecule has 2 atom stereocenters. The number of pyridine rings is 2. The Balaban J connectivity index is 1.43. The Kier molecular flexibility index (Phi) is 7.48. The van der Waals surface area contributed by atoms with E-state index in [9.17, 15) is 4.79 Å². The van der Waals surface area contributed by atoms with Crippen LogP contribution in [0, 0.1) is 0 Å². The second-order valence-corrected chi connectivity index (χ2v) is 9.59. The van der Waals surface area contributed by atoms with Crippen LogP contribution in [0.1, 0.15) is 42.4 Å². The zero-order valence-electron chi connectivity index (χ0n) is 20.3. The van der Waals surface area contributed by atoms with Gasteiger partial charge in [-0.25, -0.2) is 4.98 Å². The van der Waals surface area contributed by atoms with Gasteiger partial charge in [0.25, 0.3) is 0 Å². The van der Waals surface area contributed by atoms with Crippen LogP contribution < -0.4 is 10.6 Å². The summed E-state index contributed by atoms with van der Waals surface area (Å²) in [6.07, 6.45) is 6.50. The molecule has 1 aliphatic rings. The van der Waals surface area contributed by atoms with Gasteiger partial charge < -0.3 is 20.1 Å². The van der Waals surface area contributed by atoms with Crippen LogP contribution in [0.15, 0.2) is 85.3 Å². The van der Waals surface area contributed by atoms with Crippen LogP contribution in [0.2, 0.25) is 5.02 Å². The third-order valence-corrected chi connectivity index (χ3v) is 7.07. The fourth-order valence-electron chi connectivity index (χ4n) is 4.71. The molecule has 0 bridgehead atoms. The zero-order valence-corrected chi connectivity index (χ0v) is 21.9. The van der Waals surface area contributed by atoms with Crippen molar-refractivity contribution < 1.29 is 4.79 Å². The van der Waals surface area contributed by atoms with Crippen molar-refractivity contribution in [3.8, 4) is 5.82 Å². The number of carbonyl (C=O) groups excluding carboxylic acids is 1. The van der Waals surface area contributed by atoms with Gasteiger partial charge in [0.1, 0.15) is 5.82 Å². The van der Waals surface area contributed by atoms with Crippen LogP contribution in [0.4, 0.5) is 5.69 Å². The summed E-state index contributed by atoms with van der Waals surface area (Å²) in [6.45, 7) is 2.52. The molecule has 37 heavy (non-hydrogen) atoms. The number of aromatic nitrogens is 3. The van der Waals surface area contributed by atoms with Gasteiger partial charge in [-0.2, -0.15) is 0 Å². The molecule has 0 unspecified atom stereocenters. The topological polar surface area (TPSA) is 75.1 Å². The van der Waals surface area contributed by atoms with Crippen LogP contribution in [-0.2, 0) is 11.2 Å². The Labute approximate surface area is 226 Å². The van der Waals surface area contributed by atoms with E-state index in [1.165, 1.54) is 0 Å². The summed E-state index contributed by atoms with van der Waals surface area (Å²) >= 11 is 11.9. The van der Waals surface area contributed by atoms with E-state index in [1.54, 1.807) is 12.4 Å². The molecule has 1 aromatic carbocycles. The highest BCUT2D eigenvalue weighted by molar-refractivity contribution is 7.80. The van der Waals surface area contributed by atoms with Crippen molar-refractivity contribution in [3.63, 3.8) is 0 Å². The van der Waals surface area contributed by atoms with E-state index in [4.69, 9.17) is 23.8 Å². The molecule has 5 rings (SSSR count). The molecule has 4 heterocycles. The summed E-state index contributed by atoms with van der Waals surface area (Å²) in [5, 5.41) is 7.67. The summed E-state index contributed by atoms with van der Waals surface area (Å²) in [7, 11) is 0. The standard InChI is InChI=1S/C28H27ClN6OS/c1-2-19-8-3-4-9-21(19)32-25(36)14-17-35-27(26(33-28(35)37)22-10-5-6-15-30-22)23-11-7-16-34(23)24-13-12-20(29)18-31-24/h3-13,15-16,18,26-27H,2,14,17H2,1H3,(H,32,36)(H,33,37)/t26-,27+/m0/s1. The predicted octanol–water partition coefficient (Wildman–Crippen LogP) is 5.48. The normalized spacial score (nSPS) is 17.0. The largest absolute Gasteiger partial charge is 0.352 e. The zero-order chi connectivity index (χ0) is 25.8. The molecular formula is C28H27ClN6OS. The fourth-order valence-corrected chi connectivity index (χ4v) is 5.15. The van der Waals surface area contributed by atoms with Crippen molar-refractivity contribution in [2.24, 2.45) is 0 Å². The molecule has 4 aromatic rings. The van der Waals surface area contributed by atoms with Gasteiger partial charge in [-0.15, -0.1) is 0 Å². The number of anilines is 1. The van der Waals surface area contributed by atoms with Gasteiger partial charge in [-0.3, -0.25) is 9.78 Å². The average molecular weight is 531 g/mol. The van der Waals surface area contributed by atoms with Crippen molar-refractivity contribution in [2.75, 3.05) is 11.9 Å². The van der Waals surface area contributed by atoms with E-state index < -0.39 is 0 Å². The third kappa shape index (κ3) is 5.35. The number of aryl methyl sites for hydroxylation is 1. The molecule has 1 saturated heterocycles. The molecule has 1 amide bonds. The van der Waals surface area contributed by atoms with Gasteiger partial charge in [0.2, 0.25) is 5.91 Å². The van der Waals surface area contributed by atoms with E-state index >= 15 is 0 Å². The minimum absolute atomic E-state index is 0.0570. The first kappa shape index (κ1) is 24.9. The number of benzene rings is 1. The predicted molar refractivity (Wildman–Crippen MR) is 150 cm³/mol. The first-order valence-corrected chi connectivity index (χ1v) is 13.0. The monoisotopic (exact) mass is 530 g/mol. The molecule has 0 spiro atoms. The van der Waals surface area contributed by atoms with Crippen molar-refractivity contribution in [1.29, 1.82) is 0 Å². The van der Waals surface area contributed by atoms with Gasteiger partial charge in [-0.05, 0) is 66.7 Å². The van der Waals surface area contributed by atoms with Gasteiger partial charge >= 0.3 is 0 Å². The van der Waals surface area contributed by atoms with Crippen LogP contribution in [0.5, 0.6) is 0 Å². The Morgan fingerprint density at radius 1 is 1.08 bits per heavy atom. The maximum Gasteiger partial charge on any atom is 0.226 e.